The van der Waals surface area contributed by atoms with Crippen LogP contribution in [0.3, 0.4) is 0 Å². The fourth-order valence-electron chi connectivity index (χ4n) is 3.32. The van der Waals surface area contributed by atoms with Crippen molar-refractivity contribution >= 4 is 23.4 Å². The standard InChI is InChI=1S/C18H28ClNS/c1-4-20-18(15-9-8-13(2)14(3)10-15)12-21-17-7-5-6-16(19)11-17/h5-7,11,13-15,18,20H,4,8-10,12H2,1-3H3. The molecule has 0 heterocycles. The Morgan fingerprint density at radius 2 is 2.10 bits per heavy atom. The van der Waals surface area contributed by atoms with Crippen LogP contribution in [0.5, 0.6) is 0 Å². The predicted octanol–water partition coefficient (Wildman–Crippen LogP) is 5.48. The average Bonchev–Trinajstić information content (AvgIpc) is 2.46. The quantitative estimate of drug-likeness (QED) is 0.695. The van der Waals surface area contributed by atoms with Crippen LogP contribution in [0.25, 0.3) is 0 Å². The summed E-state index contributed by atoms with van der Waals surface area (Å²) in [6, 6.07) is 8.83. The first-order valence-electron chi connectivity index (χ1n) is 8.22. The average molecular weight is 326 g/mol. The van der Waals surface area contributed by atoms with Gasteiger partial charge >= 0.3 is 0 Å². The van der Waals surface area contributed by atoms with Crippen molar-refractivity contribution in [2.75, 3.05) is 12.3 Å². The van der Waals surface area contributed by atoms with Gasteiger partial charge in [-0.05, 0) is 55.3 Å². The second-order valence-electron chi connectivity index (χ2n) is 6.46. The number of rotatable bonds is 6. The third-order valence-corrected chi connectivity index (χ3v) is 6.25. The number of thioether (sulfide) groups is 1. The minimum Gasteiger partial charge on any atom is -0.313 e. The van der Waals surface area contributed by atoms with Crippen molar-refractivity contribution in [3.05, 3.63) is 29.3 Å². The lowest BCUT2D eigenvalue weighted by Crippen LogP contribution is -2.41. The topological polar surface area (TPSA) is 12.0 Å². The fraction of sp³-hybridized carbons (Fsp3) is 0.667. The number of nitrogens with one attached hydrogen (secondary N) is 1. The highest BCUT2D eigenvalue weighted by molar-refractivity contribution is 7.99. The minimum absolute atomic E-state index is 0.619. The van der Waals surface area contributed by atoms with Gasteiger partial charge in [-0.25, -0.2) is 0 Å². The largest absolute Gasteiger partial charge is 0.313 e. The van der Waals surface area contributed by atoms with E-state index in [4.69, 9.17) is 11.6 Å². The minimum atomic E-state index is 0.619. The maximum Gasteiger partial charge on any atom is 0.0417 e. The lowest BCUT2D eigenvalue weighted by Gasteiger charge is -2.37. The van der Waals surface area contributed by atoms with Gasteiger partial charge in [0, 0.05) is 21.7 Å². The summed E-state index contributed by atoms with van der Waals surface area (Å²) >= 11 is 8.01. The van der Waals surface area contributed by atoms with E-state index in [0.717, 1.165) is 35.1 Å². The van der Waals surface area contributed by atoms with Gasteiger partial charge in [-0.15, -0.1) is 11.8 Å². The summed E-state index contributed by atoms with van der Waals surface area (Å²) in [5.41, 5.74) is 0. The van der Waals surface area contributed by atoms with Crippen molar-refractivity contribution in [1.82, 2.24) is 5.32 Å². The fourth-order valence-corrected chi connectivity index (χ4v) is 4.72. The number of hydrogen-bond donors (Lipinski definition) is 1. The zero-order valence-corrected chi connectivity index (χ0v) is 15.0. The first-order chi connectivity index (χ1) is 10.1. The molecule has 0 aliphatic heterocycles. The van der Waals surface area contributed by atoms with E-state index in [2.05, 4.69) is 38.2 Å². The van der Waals surface area contributed by atoms with E-state index in [-0.39, 0.29) is 0 Å². The molecule has 4 unspecified atom stereocenters. The first-order valence-corrected chi connectivity index (χ1v) is 9.58. The Labute approximate surface area is 139 Å². The highest BCUT2D eigenvalue weighted by Gasteiger charge is 2.29. The van der Waals surface area contributed by atoms with Gasteiger partial charge in [0.15, 0.2) is 0 Å². The molecule has 1 nitrogen and oxygen atoms in total. The Hall–Kier alpha value is -0.180. The maximum absolute atomic E-state index is 6.08. The normalized spacial score (nSPS) is 27.5. The van der Waals surface area contributed by atoms with E-state index in [9.17, 15) is 0 Å². The van der Waals surface area contributed by atoms with Crippen LogP contribution in [0.1, 0.15) is 40.0 Å². The van der Waals surface area contributed by atoms with Crippen LogP contribution >= 0.6 is 23.4 Å². The van der Waals surface area contributed by atoms with E-state index in [1.807, 2.05) is 23.9 Å². The SMILES string of the molecule is CCNC(CSc1cccc(Cl)c1)C1CCC(C)C(C)C1. The number of hydrogen-bond acceptors (Lipinski definition) is 2. The molecule has 0 spiro atoms. The van der Waals surface area contributed by atoms with E-state index >= 15 is 0 Å². The molecule has 1 saturated carbocycles. The predicted molar refractivity (Wildman–Crippen MR) is 95.3 cm³/mol. The highest BCUT2D eigenvalue weighted by atomic mass is 35.5. The molecule has 3 heteroatoms. The van der Waals surface area contributed by atoms with Gasteiger partial charge in [-0.3, -0.25) is 0 Å². The third-order valence-electron chi connectivity index (χ3n) is 4.90. The summed E-state index contributed by atoms with van der Waals surface area (Å²) < 4.78 is 0. The van der Waals surface area contributed by atoms with Crippen molar-refractivity contribution in [3.8, 4) is 0 Å². The molecule has 0 aromatic heterocycles. The molecule has 1 aromatic rings. The Morgan fingerprint density at radius 3 is 2.76 bits per heavy atom. The van der Waals surface area contributed by atoms with Gasteiger partial charge in [0.25, 0.3) is 0 Å². The zero-order valence-electron chi connectivity index (χ0n) is 13.4. The molecule has 0 radical (unpaired) electrons. The van der Waals surface area contributed by atoms with Gasteiger partial charge in [-0.1, -0.05) is 44.9 Å². The Bertz CT molecular complexity index is 437. The Morgan fingerprint density at radius 1 is 1.29 bits per heavy atom. The van der Waals surface area contributed by atoms with E-state index in [1.165, 1.54) is 24.2 Å². The Kier molecular flexibility index (Phi) is 6.91. The molecule has 0 amide bonds. The summed E-state index contributed by atoms with van der Waals surface area (Å²) in [5, 5.41) is 4.55. The van der Waals surface area contributed by atoms with E-state index in [0.29, 0.717) is 6.04 Å². The number of halogens is 1. The van der Waals surface area contributed by atoms with Crippen LogP contribution in [-0.2, 0) is 0 Å². The number of benzene rings is 1. The highest BCUT2D eigenvalue weighted by Crippen LogP contribution is 2.36. The molecule has 0 bridgehead atoms. The molecule has 1 aliphatic rings. The summed E-state index contributed by atoms with van der Waals surface area (Å²) in [5.74, 6) is 3.72. The molecule has 1 N–H and O–H groups in total. The van der Waals surface area contributed by atoms with E-state index < -0.39 is 0 Å². The summed E-state index contributed by atoms with van der Waals surface area (Å²) in [7, 11) is 0. The molecule has 1 fully saturated rings. The second-order valence-corrected chi connectivity index (χ2v) is 7.99. The molecule has 0 saturated heterocycles. The van der Waals surface area contributed by atoms with Crippen LogP contribution in [0.15, 0.2) is 29.2 Å². The first kappa shape index (κ1) is 17.2. The molecule has 2 rings (SSSR count). The van der Waals surface area contributed by atoms with Crippen molar-refractivity contribution in [3.63, 3.8) is 0 Å². The van der Waals surface area contributed by atoms with Gasteiger partial charge < -0.3 is 5.32 Å². The van der Waals surface area contributed by atoms with Gasteiger partial charge in [-0.2, -0.15) is 0 Å². The van der Waals surface area contributed by atoms with Gasteiger partial charge in [0.1, 0.15) is 0 Å². The smallest absolute Gasteiger partial charge is 0.0417 e. The van der Waals surface area contributed by atoms with Crippen molar-refractivity contribution in [2.45, 2.75) is 51.0 Å². The van der Waals surface area contributed by atoms with Crippen molar-refractivity contribution in [1.29, 1.82) is 0 Å². The van der Waals surface area contributed by atoms with Crippen LogP contribution in [0, 0.1) is 17.8 Å². The van der Waals surface area contributed by atoms with Crippen LogP contribution < -0.4 is 5.32 Å². The molecule has 118 valence electrons. The molecular weight excluding hydrogens is 298 g/mol. The molecular formula is C18H28ClNS. The summed E-state index contributed by atoms with van der Waals surface area (Å²) in [4.78, 5) is 1.28. The van der Waals surface area contributed by atoms with Crippen molar-refractivity contribution in [2.24, 2.45) is 17.8 Å². The molecule has 4 atom stereocenters. The van der Waals surface area contributed by atoms with Gasteiger partial charge in [0.2, 0.25) is 0 Å². The lowest BCUT2D eigenvalue weighted by molar-refractivity contribution is 0.179. The van der Waals surface area contributed by atoms with Gasteiger partial charge in [0.05, 0.1) is 0 Å². The molecule has 1 aliphatic carbocycles. The summed E-state index contributed by atoms with van der Waals surface area (Å²) in [6.45, 7) is 8.10. The van der Waals surface area contributed by atoms with Crippen molar-refractivity contribution < 1.29 is 0 Å². The monoisotopic (exact) mass is 325 g/mol. The van der Waals surface area contributed by atoms with Crippen LogP contribution in [0.4, 0.5) is 0 Å². The van der Waals surface area contributed by atoms with Crippen LogP contribution in [0.2, 0.25) is 5.02 Å². The third kappa shape index (κ3) is 5.19. The van der Waals surface area contributed by atoms with Crippen LogP contribution in [-0.4, -0.2) is 18.3 Å². The summed E-state index contributed by atoms with van der Waals surface area (Å²) in [6.07, 6.45) is 4.13. The Balaban J connectivity index is 1.92. The zero-order chi connectivity index (χ0) is 15.2. The van der Waals surface area contributed by atoms with E-state index in [1.54, 1.807) is 0 Å². The second kappa shape index (κ2) is 8.45. The lowest BCUT2D eigenvalue weighted by atomic mass is 9.73. The molecule has 1 aromatic carbocycles. The molecule has 21 heavy (non-hydrogen) atoms. The maximum atomic E-state index is 6.08.